The number of hydrogen-bond donors (Lipinski definition) is 3. The molecule has 0 spiro atoms. The van der Waals surface area contributed by atoms with Crippen LogP contribution in [0.1, 0.15) is 5.69 Å². The second-order valence-electron chi connectivity index (χ2n) is 2.92. The number of nitrogens with zero attached hydrogens (tertiary/aromatic N) is 1. The van der Waals surface area contributed by atoms with Crippen LogP contribution in [0.15, 0.2) is 17.7 Å². The summed E-state index contributed by atoms with van der Waals surface area (Å²) in [6.45, 7) is 0. The standard InChI is InChI=1S/C8H9N3O3S/c1-9-7-10-5(4-15-7)8(6(12)13)2-3-14-11-8/h2-4,11H,1H3,(H,9,10)(H,12,13). The van der Waals surface area contributed by atoms with Crippen LogP contribution in [0, 0.1) is 0 Å². The Hall–Kier alpha value is -1.60. The van der Waals surface area contributed by atoms with Crippen molar-refractivity contribution in [2.24, 2.45) is 0 Å². The number of carbonyl (C=O) groups is 1. The number of thiazole rings is 1. The molecule has 1 aromatic heterocycles. The Morgan fingerprint density at radius 2 is 2.60 bits per heavy atom. The maximum absolute atomic E-state index is 11.2. The highest BCUT2D eigenvalue weighted by atomic mass is 32.1. The third-order valence-electron chi connectivity index (χ3n) is 2.07. The first-order valence-electron chi connectivity index (χ1n) is 4.17. The molecule has 1 aromatic rings. The van der Waals surface area contributed by atoms with Crippen molar-refractivity contribution in [3.05, 3.63) is 23.4 Å². The second kappa shape index (κ2) is 3.52. The number of anilines is 1. The van der Waals surface area contributed by atoms with Gasteiger partial charge in [0.25, 0.3) is 0 Å². The van der Waals surface area contributed by atoms with Gasteiger partial charge in [-0.2, -0.15) is 0 Å². The van der Waals surface area contributed by atoms with E-state index in [0.29, 0.717) is 10.8 Å². The number of rotatable bonds is 3. The zero-order valence-corrected chi connectivity index (χ0v) is 8.67. The molecule has 1 unspecified atom stereocenters. The van der Waals surface area contributed by atoms with E-state index >= 15 is 0 Å². The van der Waals surface area contributed by atoms with Crippen LogP contribution in [0.3, 0.4) is 0 Å². The molecule has 3 N–H and O–H groups in total. The van der Waals surface area contributed by atoms with Crippen LogP contribution in [0.4, 0.5) is 5.13 Å². The number of hydroxylamine groups is 1. The fraction of sp³-hybridized carbons (Fsp3) is 0.250. The quantitative estimate of drug-likeness (QED) is 0.698. The first-order valence-corrected chi connectivity index (χ1v) is 5.04. The lowest BCUT2D eigenvalue weighted by Crippen LogP contribution is -2.44. The number of nitrogens with one attached hydrogen (secondary N) is 2. The van der Waals surface area contributed by atoms with Gasteiger partial charge < -0.3 is 15.3 Å². The van der Waals surface area contributed by atoms with Crippen LogP contribution in [0.25, 0.3) is 0 Å². The topological polar surface area (TPSA) is 83.5 Å². The third-order valence-corrected chi connectivity index (χ3v) is 2.93. The van der Waals surface area contributed by atoms with E-state index < -0.39 is 11.5 Å². The molecular weight excluding hydrogens is 218 g/mol. The Morgan fingerprint density at radius 3 is 3.07 bits per heavy atom. The molecule has 0 bridgehead atoms. The first kappa shape index (κ1) is 9.94. The Balaban J connectivity index is 2.41. The fourth-order valence-corrected chi connectivity index (χ4v) is 1.96. The first-order chi connectivity index (χ1) is 7.19. The van der Waals surface area contributed by atoms with E-state index in [1.165, 1.54) is 23.7 Å². The van der Waals surface area contributed by atoms with E-state index in [1.54, 1.807) is 12.4 Å². The highest BCUT2D eigenvalue weighted by molar-refractivity contribution is 7.13. The fourth-order valence-electron chi connectivity index (χ4n) is 1.23. The molecule has 15 heavy (non-hydrogen) atoms. The molecule has 2 rings (SSSR count). The second-order valence-corrected chi connectivity index (χ2v) is 3.78. The highest BCUT2D eigenvalue weighted by Gasteiger charge is 2.44. The molecule has 0 aliphatic carbocycles. The van der Waals surface area contributed by atoms with Crippen molar-refractivity contribution in [3.8, 4) is 0 Å². The average molecular weight is 227 g/mol. The maximum Gasteiger partial charge on any atom is 0.337 e. The molecule has 2 heterocycles. The Labute approximate surface area is 89.5 Å². The summed E-state index contributed by atoms with van der Waals surface area (Å²) >= 11 is 1.34. The molecule has 6 nitrogen and oxygen atoms in total. The lowest BCUT2D eigenvalue weighted by atomic mass is 9.98. The third kappa shape index (κ3) is 1.45. The molecule has 1 aliphatic rings. The minimum atomic E-state index is -1.37. The van der Waals surface area contributed by atoms with Crippen LogP contribution in [-0.4, -0.2) is 23.1 Å². The van der Waals surface area contributed by atoms with E-state index in [0.717, 1.165) is 0 Å². The van der Waals surface area contributed by atoms with Crippen LogP contribution in [0.5, 0.6) is 0 Å². The van der Waals surface area contributed by atoms with E-state index in [-0.39, 0.29) is 0 Å². The summed E-state index contributed by atoms with van der Waals surface area (Å²) in [6, 6.07) is 0. The molecule has 1 atom stereocenters. The largest absolute Gasteiger partial charge is 0.479 e. The summed E-state index contributed by atoms with van der Waals surface area (Å²) in [5.74, 6) is -1.05. The molecule has 0 saturated heterocycles. The number of carboxylic acids is 1. The molecule has 80 valence electrons. The van der Waals surface area contributed by atoms with Crippen LogP contribution in [0.2, 0.25) is 0 Å². The molecule has 0 radical (unpaired) electrons. The van der Waals surface area contributed by atoms with Crippen LogP contribution in [-0.2, 0) is 15.2 Å². The monoisotopic (exact) mass is 227 g/mol. The van der Waals surface area contributed by atoms with Crippen molar-refractivity contribution in [3.63, 3.8) is 0 Å². The van der Waals surface area contributed by atoms with E-state index in [2.05, 4.69) is 15.8 Å². The van der Waals surface area contributed by atoms with Crippen LogP contribution < -0.4 is 10.8 Å². The smallest absolute Gasteiger partial charge is 0.337 e. The summed E-state index contributed by atoms with van der Waals surface area (Å²) in [5.41, 5.74) is 1.46. The van der Waals surface area contributed by atoms with Gasteiger partial charge in [0.05, 0.1) is 5.69 Å². The van der Waals surface area contributed by atoms with Crippen LogP contribution >= 0.6 is 11.3 Å². The van der Waals surface area contributed by atoms with Crippen molar-refractivity contribution in [1.82, 2.24) is 10.5 Å². The lowest BCUT2D eigenvalue weighted by molar-refractivity contribution is -0.146. The van der Waals surface area contributed by atoms with Gasteiger partial charge in [-0.1, -0.05) is 0 Å². The summed E-state index contributed by atoms with van der Waals surface area (Å²) in [5, 5.41) is 14.3. The molecule has 0 aromatic carbocycles. The van der Waals surface area contributed by atoms with Gasteiger partial charge in [-0.05, 0) is 6.08 Å². The Morgan fingerprint density at radius 1 is 1.80 bits per heavy atom. The number of aliphatic carboxylic acids is 1. The minimum absolute atomic E-state index is 0.401. The zero-order valence-electron chi connectivity index (χ0n) is 7.85. The number of carboxylic acid groups (broad SMARTS) is 1. The SMILES string of the molecule is CNc1nc(C2(C(=O)O)C=CON2)cs1. The molecule has 7 heteroatoms. The maximum atomic E-state index is 11.2. The van der Waals surface area contributed by atoms with Gasteiger partial charge in [0.2, 0.25) is 5.54 Å². The molecular formula is C8H9N3O3S. The van der Waals surface area contributed by atoms with Gasteiger partial charge in [-0.3, -0.25) is 0 Å². The summed E-state index contributed by atoms with van der Waals surface area (Å²) in [4.78, 5) is 20.1. The lowest BCUT2D eigenvalue weighted by Gasteiger charge is -2.18. The predicted octanol–water partition coefficient (Wildman–Crippen LogP) is 0.513. The van der Waals surface area contributed by atoms with Gasteiger partial charge in [0.1, 0.15) is 6.26 Å². The van der Waals surface area contributed by atoms with E-state index in [1.807, 2.05) is 0 Å². The van der Waals surface area contributed by atoms with Crippen molar-refractivity contribution < 1.29 is 14.7 Å². The van der Waals surface area contributed by atoms with Crippen molar-refractivity contribution in [2.75, 3.05) is 12.4 Å². The highest BCUT2D eigenvalue weighted by Crippen LogP contribution is 2.29. The number of aromatic nitrogens is 1. The normalized spacial score (nSPS) is 23.8. The number of hydrogen-bond acceptors (Lipinski definition) is 6. The van der Waals surface area contributed by atoms with E-state index in [4.69, 9.17) is 9.94 Å². The summed E-state index contributed by atoms with van der Waals surface area (Å²) in [7, 11) is 1.73. The van der Waals surface area contributed by atoms with E-state index in [9.17, 15) is 4.79 Å². The van der Waals surface area contributed by atoms with Gasteiger partial charge in [-0.15, -0.1) is 16.8 Å². The minimum Gasteiger partial charge on any atom is -0.479 e. The van der Waals surface area contributed by atoms with Gasteiger partial charge in [0, 0.05) is 12.4 Å². The van der Waals surface area contributed by atoms with Crippen molar-refractivity contribution in [1.29, 1.82) is 0 Å². The van der Waals surface area contributed by atoms with Gasteiger partial charge in [-0.25, -0.2) is 9.78 Å². The Kier molecular flexibility index (Phi) is 2.33. The van der Waals surface area contributed by atoms with Gasteiger partial charge >= 0.3 is 5.97 Å². The average Bonchev–Trinajstić information content (AvgIpc) is 2.87. The van der Waals surface area contributed by atoms with Gasteiger partial charge in [0.15, 0.2) is 5.13 Å². The molecule has 0 saturated carbocycles. The Bertz CT molecular complexity index is 417. The predicted molar refractivity (Wildman–Crippen MR) is 54.3 cm³/mol. The summed E-state index contributed by atoms with van der Waals surface area (Å²) in [6.07, 6.45) is 2.72. The zero-order chi connectivity index (χ0) is 10.9. The summed E-state index contributed by atoms with van der Waals surface area (Å²) < 4.78 is 0. The van der Waals surface area contributed by atoms with Crippen molar-refractivity contribution in [2.45, 2.75) is 5.54 Å². The molecule has 0 fully saturated rings. The van der Waals surface area contributed by atoms with Crippen molar-refractivity contribution >= 4 is 22.4 Å². The molecule has 0 amide bonds. The molecule has 1 aliphatic heterocycles.